The molecule has 0 aliphatic rings. The Morgan fingerprint density at radius 2 is 1.68 bits per heavy atom. The number of anilines is 2. The van der Waals surface area contributed by atoms with E-state index in [0.29, 0.717) is 5.69 Å². The highest BCUT2D eigenvalue weighted by Gasteiger charge is 2.17. The summed E-state index contributed by atoms with van der Waals surface area (Å²) in [7, 11) is 0. The molecule has 25 heavy (non-hydrogen) atoms. The Balaban J connectivity index is 1.91. The molecule has 0 fully saturated rings. The lowest BCUT2D eigenvalue weighted by molar-refractivity contribution is 0.102. The number of hydrogen-bond donors (Lipinski definition) is 3. The van der Waals surface area contributed by atoms with Gasteiger partial charge in [-0.05, 0) is 34.6 Å². The molecule has 0 unspecified atom stereocenters. The first-order valence-electron chi connectivity index (χ1n) is 8.19. The van der Waals surface area contributed by atoms with E-state index in [1.54, 1.807) is 6.07 Å². The number of carbonyl (C=O) groups is 1. The Morgan fingerprint density at radius 1 is 1.04 bits per heavy atom. The van der Waals surface area contributed by atoms with Gasteiger partial charge in [-0.1, -0.05) is 57.2 Å². The van der Waals surface area contributed by atoms with Gasteiger partial charge >= 0.3 is 0 Å². The molecule has 0 atom stereocenters. The van der Waals surface area contributed by atoms with E-state index < -0.39 is 5.91 Å². The van der Waals surface area contributed by atoms with Gasteiger partial charge < -0.3 is 16.2 Å². The SMILES string of the molecule is CC(C)(C)c1ccc(NC(=O)c2cc3ccccc3c(N)c2O)cc1. The predicted molar refractivity (Wildman–Crippen MR) is 103 cm³/mol. The monoisotopic (exact) mass is 334 g/mol. The highest BCUT2D eigenvalue weighted by atomic mass is 16.3. The summed E-state index contributed by atoms with van der Waals surface area (Å²) in [5, 5.41) is 14.7. The van der Waals surface area contributed by atoms with Crippen molar-refractivity contribution in [1.82, 2.24) is 0 Å². The fourth-order valence-electron chi connectivity index (χ4n) is 2.79. The second kappa shape index (κ2) is 6.13. The van der Waals surface area contributed by atoms with Crippen molar-refractivity contribution in [3.8, 4) is 5.75 Å². The molecule has 4 heteroatoms. The first kappa shape index (κ1) is 16.8. The maximum absolute atomic E-state index is 12.6. The minimum atomic E-state index is -0.390. The normalized spacial score (nSPS) is 11.5. The maximum Gasteiger partial charge on any atom is 0.259 e. The predicted octanol–water partition coefficient (Wildman–Crippen LogP) is 4.68. The van der Waals surface area contributed by atoms with Gasteiger partial charge in [0.15, 0.2) is 5.75 Å². The lowest BCUT2D eigenvalue weighted by Crippen LogP contribution is -2.14. The molecular formula is C21H22N2O2. The van der Waals surface area contributed by atoms with Gasteiger partial charge in [0, 0.05) is 11.1 Å². The number of hydrogen-bond acceptors (Lipinski definition) is 3. The number of amides is 1. The lowest BCUT2D eigenvalue weighted by Gasteiger charge is -2.19. The van der Waals surface area contributed by atoms with Crippen molar-refractivity contribution in [3.05, 3.63) is 65.7 Å². The van der Waals surface area contributed by atoms with Gasteiger partial charge in [-0.2, -0.15) is 0 Å². The van der Waals surface area contributed by atoms with Crippen LogP contribution >= 0.6 is 0 Å². The fraction of sp³-hybridized carbons (Fsp3) is 0.190. The van der Waals surface area contributed by atoms with Gasteiger partial charge in [-0.25, -0.2) is 0 Å². The van der Waals surface area contributed by atoms with Crippen molar-refractivity contribution in [1.29, 1.82) is 0 Å². The van der Waals surface area contributed by atoms with Crippen LogP contribution in [0.15, 0.2) is 54.6 Å². The van der Waals surface area contributed by atoms with E-state index >= 15 is 0 Å². The van der Waals surface area contributed by atoms with Crippen molar-refractivity contribution in [3.63, 3.8) is 0 Å². The third kappa shape index (κ3) is 3.29. The highest BCUT2D eigenvalue weighted by Crippen LogP contribution is 2.34. The topological polar surface area (TPSA) is 75.4 Å². The van der Waals surface area contributed by atoms with Crippen LogP contribution in [0.3, 0.4) is 0 Å². The Labute approximate surface area is 147 Å². The number of carbonyl (C=O) groups excluding carboxylic acids is 1. The summed E-state index contributed by atoms with van der Waals surface area (Å²) >= 11 is 0. The first-order chi connectivity index (χ1) is 11.8. The molecule has 0 bridgehead atoms. The molecule has 4 N–H and O–H groups in total. The molecule has 0 spiro atoms. The Hall–Kier alpha value is -3.01. The maximum atomic E-state index is 12.6. The van der Waals surface area contributed by atoms with E-state index in [-0.39, 0.29) is 22.4 Å². The van der Waals surface area contributed by atoms with Crippen LogP contribution in [0, 0.1) is 0 Å². The Bertz CT molecular complexity index is 939. The quantitative estimate of drug-likeness (QED) is 0.470. The van der Waals surface area contributed by atoms with Crippen LogP contribution in [-0.2, 0) is 5.41 Å². The molecule has 0 aliphatic heterocycles. The van der Waals surface area contributed by atoms with E-state index in [1.807, 2.05) is 48.5 Å². The zero-order valence-electron chi connectivity index (χ0n) is 14.6. The average molecular weight is 334 g/mol. The van der Waals surface area contributed by atoms with Crippen molar-refractivity contribution in [2.24, 2.45) is 0 Å². The minimum Gasteiger partial charge on any atom is -0.505 e. The molecule has 0 aromatic heterocycles. The van der Waals surface area contributed by atoms with Crippen molar-refractivity contribution in [2.45, 2.75) is 26.2 Å². The molecule has 0 aliphatic carbocycles. The second-order valence-corrected chi connectivity index (χ2v) is 7.19. The van der Waals surface area contributed by atoms with E-state index in [0.717, 1.165) is 10.8 Å². The number of phenolic OH excluding ortho intramolecular Hbond substituents is 1. The van der Waals surface area contributed by atoms with Crippen LogP contribution in [0.1, 0.15) is 36.7 Å². The number of phenols is 1. The third-order valence-corrected chi connectivity index (χ3v) is 4.31. The molecule has 1 amide bonds. The van der Waals surface area contributed by atoms with Crippen molar-refractivity contribution >= 4 is 28.1 Å². The van der Waals surface area contributed by atoms with Crippen LogP contribution in [0.25, 0.3) is 10.8 Å². The summed E-state index contributed by atoms with van der Waals surface area (Å²) in [6.07, 6.45) is 0. The standard InChI is InChI=1S/C21H22N2O2/c1-21(2,3)14-8-10-15(11-9-14)23-20(25)17-12-13-6-4-5-7-16(13)18(22)19(17)24/h4-12,24H,22H2,1-3H3,(H,23,25). The fourth-order valence-corrected chi connectivity index (χ4v) is 2.79. The van der Waals surface area contributed by atoms with Crippen molar-refractivity contribution < 1.29 is 9.90 Å². The van der Waals surface area contributed by atoms with Gasteiger partial charge in [-0.3, -0.25) is 4.79 Å². The molecule has 0 heterocycles. The van der Waals surface area contributed by atoms with E-state index in [4.69, 9.17) is 5.73 Å². The highest BCUT2D eigenvalue weighted by molar-refractivity contribution is 6.11. The van der Waals surface area contributed by atoms with Crippen molar-refractivity contribution in [2.75, 3.05) is 11.1 Å². The third-order valence-electron chi connectivity index (χ3n) is 4.31. The molecule has 0 radical (unpaired) electrons. The van der Waals surface area contributed by atoms with Gasteiger partial charge in [0.1, 0.15) is 0 Å². The van der Waals surface area contributed by atoms with Gasteiger partial charge in [0.2, 0.25) is 0 Å². The number of nitrogens with two attached hydrogens (primary N) is 1. The van der Waals surface area contributed by atoms with Gasteiger partial charge in [-0.15, -0.1) is 0 Å². The summed E-state index contributed by atoms with van der Waals surface area (Å²) in [6, 6.07) is 16.7. The molecule has 0 saturated heterocycles. The average Bonchev–Trinajstić information content (AvgIpc) is 2.57. The van der Waals surface area contributed by atoms with Crippen LogP contribution in [-0.4, -0.2) is 11.0 Å². The number of fused-ring (bicyclic) bond motifs is 1. The molecular weight excluding hydrogens is 312 g/mol. The summed E-state index contributed by atoms with van der Waals surface area (Å²) < 4.78 is 0. The molecule has 3 aromatic carbocycles. The molecule has 3 rings (SSSR count). The first-order valence-corrected chi connectivity index (χ1v) is 8.19. The summed E-state index contributed by atoms with van der Waals surface area (Å²) in [6.45, 7) is 6.41. The minimum absolute atomic E-state index is 0.0492. The number of nitrogen functional groups attached to an aromatic ring is 1. The Morgan fingerprint density at radius 3 is 2.32 bits per heavy atom. The zero-order valence-corrected chi connectivity index (χ0v) is 14.6. The van der Waals surface area contributed by atoms with Gasteiger partial charge in [0.25, 0.3) is 5.91 Å². The smallest absolute Gasteiger partial charge is 0.259 e. The number of aromatic hydroxyl groups is 1. The number of benzene rings is 3. The van der Waals surface area contributed by atoms with Crippen LogP contribution in [0.2, 0.25) is 0 Å². The van der Waals surface area contributed by atoms with Gasteiger partial charge in [0.05, 0.1) is 11.3 Å². The molecule has 128 valence electrons. The Kier molecular flexibility index (Phi) is 4.13. The molecule has 0 saturated carbocycles. The van der Waals surface area contributed by atoms with Crippen LogP contribution in [0.4, 0.5) is 11.4 Å². The number of rotatable bonds is 2. The van der Waals surface area contributed by atoms with Crippen LogP contribution in [0.5, 0.6) is 5.75 Å². The summed E-state index contributed by atoms with van der Waals surface area (Å²) in [4.78, 5) is 12.6. The van der Waals surface area contributed by atoms with E-state index in [2.05, 4.69) is 26.1 Å². The van der Waals surface area contributed by atoms with Crippen LogP contribution < -0.4 is 11.1 Å². The number of nitrogens with one attached hydrogen (secondary N) is 1. The van der Waals surface area contributed by atoms with E-state index in [9.17, 15) is 9.90 Å². The summed E-state index contributed by atoms with van der Waals surface area (Å²) in [5.74, 6) is -0.582. The lowest BCUT2D eigenvalue weighted by atomic mass is 9.87. The molecule has 4 nitrogen and oxygen atoms in total. The summed E-state index contributed by atoms with van der Waals surface area (Å²) in [5.41, 5.74) is 8.27. The largest absolute Gasteiger partial charge is 0.505 e. The van der Waals surface area contributed by atoms with E-state index in [1.165, 1.54) is 5.56 Å². The zero-order chi connectivity index (χ0) is 18.2. The molecule has 3 aromatic rings. The second-order valence-electron chi connectivity index (χ2n) is 7.19.